The summed E-state index contributed by atoms with van der Waals surface area (Å²) in [5.74, 6) is 6.72. The molecule has 3 N–H and O–H groups in total. The number of nitrogens with one attached hydrogen (secondary N) is 1. The summed E-state index contributed by atoms with van der Waals surface area (Å²) >= 11 is 0. The summed E-state index contributed by atoms with van der Waals surface area (Å²) in [6.07, 6.45) is 1.74. The number of hydrazine groups is 1. The molecule has 0 saturated carbocycles. The largest absolute Gasteiger partial charge is 0.497 e. The molecule has 19 heavy (non-hydrogen) atoms. The first-order chi connectivity index (χ1) is 9.31. The Morgan fingerprint density at radius 2 is 2.00 bits per heavy atom. The minimum absolute atomic E-state index is 0.509. The number of methoxy groups -OCH3 is 1. The van der Waals surface area contributed by atoms with Crippen LogP contribution in [-0.2, 0) is 18.0 Å². The highest BCUT2D eigenvalue weighted by Gasteiger charge is 1.98. The molecule has 0 unspecified atom stereocenters. The molecule has 0 fully saturated rings. The van der Waals surface area contributed by atoms with Crippen LogP contribution in [0.25, 0.3) is 0 Å². The van der Waals surface area contributed by atoms with E-state index in [9.17, 15) is 0 Å². The van der Waals surface area contributed by atoms with Crippen molar-refractivity contribution in [1.82, 2.24) is 4.98 Å². The van der Waals surface area contributed by atoms with Crippen molar-refractivity contribution in [2.45, 2.75) is 13.2 Å². The molecule has 0 amide bonds. The Hall–Kier alpha value is -2.11. The molecule has 0 bridgehead atoms. The lowest BCUT2D eigenvalue weighted by Gasteiger charge is -2.06. The number of benzene rings is 1. The van der Waals surface area contributed by atoms with Gasteiger partial charge in [-0.25, -0.2) is 10.8 Å². The van der Waals surface area contributed by atoms with Crippen LogP contribution < -0.4 is 16.0 Å². The topological polar surface area (TPSA) is 69.4 Å². The van der Waals surface area contributed by atoms with Crippen molar-refractivity contribution >= 4 is 5.82 Å². The second-order valence-corrected chi connectivity index (χ2v) is 4.04. The van der Waals surface area contributed by atoms with Crippen molar-refractivity contribution in [2.24, 2.45) is 5.84 Å². The van der Waals surface area contributed by atoms with Gasteiger partial charge in [0.25, 0.3) is 0 Å². The first-order valence-corrected chi connectivity index (χ1v) is 5.94. The van der Waals surface area contributed by atoms with Crippen molar-refractivity contribution in [3.63, 3.8) is 0 Å². The lowest BCUT2D eigenvalue weighted by atomic mass is 10.2. The monoisotopic (exact) mass is 259 g/mol. The first-order valence-electron chi connectivity index (χ1n) is 5.94. The second kappa shape index (κ2) is 6.72. The maximum atomic E-state index is 5.63. The third-order valence-corrected chi connectivity index (χ3v) is 2.64. The van der Waals surface area contributed by atoms with Gasteiger partial charge < -0.3 is 14.9 Å². The van der Waals surface area contributed by atoms with Crippen LogP contribution in [-0.4, -0.2) is 12.1 Å². The van der Waals surface area contributed by atoms with E-state index in [1.54, 1.807) is 13.3 Å². The predicted molar refractivity (Wildman–Crippen MR) is 73.5 cm³/mol. The summed E-state index contributed by atoms with van der Waals surface area (Å²) < 4.78 is 10.8. The van der Waals surface area contributed by atoms with Crippen molar-refractivity contribution in [3.8, 4) is 5.75 Å². The molecule has 1 aromatic carbocycles. The van der Waals surface area contributed by atoms with Gasteiger partial charge >= 0.3 is 0 Å². The van der Waals surface area contributed by atoms with Crippen LogP contribution in [0, 0.1) is 0 Å². The zero-order valence-electron chi connectivity index (χ0n) is 10.8. The van der Waals surface area contributed by atoms with Crippen LogP contribution >= 0.6 is 0 Å². The van der Waals surface area contributed by atoms with Crippen LogP contribution in [0.3, 0.4) is 0 Å². The third-order valence-electron chi connectivity index (χ3n) is 2.64. The molecule has 0 aliphatic heterocycles. The number of pyridine rings is 1. The summed E-state index contributed by atoms with van der Waals surface area (Å²) in [5.41, 5.74) is 4.56. The van der Waals surface area contributed by atoms with Gasteiger partial charge in [-0.1, -0.05) is 18.2 Å². The highest BCUT2D eigenvalue weighted by atomic mass is 16.5. The molecule has 0 saturated heterocycles. The smallest absolute Gasteiger partial charge is 0.139 e. The van der Waals surface area contributed by atoms with Crippen molar-refractivity contribution in [1.29, 1.82) is 0 Å². The Kier molecular flexibility index (Phi) is 4.72. The normalized spacial score (nSPS) is 10.2. The van der Waals surface area contributed by atoms with E-state index in [1.807, 2.05) is 36.4 Å². The van der Waals surface area contributed by atoms with Gasteiger partial charge in [0.05, 0.1) is 20.3 Å². The van der Waals surface area contributed by atoms with Gasteiger partial charge in [-0.3, -0.25) is 0 Å². The Morgan fingerprint density at radius 1 is 1.16 bits per heavy atom. The van der Waals surface area contributed by atoms with E-state index in [4.69, 9.17) is 15.3 Å². The SMILES string of the molecule is COc1cccc(COCc2ccc(NN)nc2)c1. The molecule has 1 heterocycles. The first kappa shape index (κ1) is 13.3. The lowest BCUT2D eigenvalue weighted by Crippen LogP contribution is -2.08. The Morgan fingerprint density at radius 3 is 2.68 bits per heavy atom. The van der Waals surface area contributed by atoms with Gasteiger partial charge in [-0.05, 0) is 29.3 Å². The molecule has 0 spiro atoms. The number of hydrogen-bond donors (Lipinski definition) is 2. The number of nitrogens with two attached hydrogens (primary N) is 1. The summed E-state index contributed by atoms with van der Waals surface area (Å²) in [5, 5.41) is 0. The number of nitrogens with zero attached hydrogens (tertiary/aromatic N) is 1. The van der Waals surface area contributed by atoms with Crippen LogP contribution in [0.4, 0.5) is 5.82 Å². The molecule has 1 aromatic heterocycles. The fourth-order valence-corrected chi connectivity index (χ4v) is 1.64. The molecule has 100 valence electrons. The van der Waals surface area contributed by atoms with E-state index >= 15 is 0 Å². The van der Waals surface area contributed by atoms with Crippen LogP contribution in [0.15, 0.2) is 42.6 Å². The maximum absolute atomic E-state index is 5.63. The molecule has 5 heteroatoms. The van der Waals surface area contributed by atoms with Crippen LogP contribution in [0.5, 0.6) is 5.75 Å². The maximum Gasteiger partial charge on any atom is 0.139 e. The van der Waals surface area contributed by atoms with E-state index < -0.39 is 0 Å². The van der Waals surface area contributed by atoms with Gasteiger partial charge in [0.15, 0.2) is 0 Å². The lowest BCUT2D eigenvalue weighted by molar-refractivity contribution is 0.107. The van der Waals surface area contributed by atoms with Crippen molar-refractivity contribution in [2.75, 3.05) is 12.5 Å². The van der Waals surface area contributed by atoms with Crippen molar-refractivity contribution < 1.29 is 9.47 Å². The molecular formula is C14H17N3O2. The van der Waals surface area contributed by atoms with E-state index in [1.165, 1.54) is 0 Å². The van der Waals surface area contributed by atoms with Gasteiger partial charge in [-0.15, -0.1) is 0 Å². The second-order valence-electron chi connectivity index (χ2n) is 4.04. The zero-order valence-corrected chi connectivity index (χ0v) is 10.8. The number of nitrogen functional groups attached to an aromatic ring is 1. The summed E-state index contributed by atoms with van der Waals surface area (Å²) in [7, 11) is 1.65. The average Bonchev–Trinajstić information content (AvgIpc) is 2.48. The van der Waals surface area contributed by atoms with E-state index in [0.717, 1.165) is 16.9 Å². The minimum atomic E-state index is 0.509. The Balaban J connectivity index is 1.85. The van der Waals surface area contributed by atoms with Gasteiger partial charge in [0, 0.05) is 6.20 Å². The molecule has 0 aliphatic carbocycles. The fraction of sp³-hybridized carbons (Fsp3) is 0.214. The minimum Gasteiger partial charge on any atom is -0.497 e. The predicted octanol–water partition coefficient (Wildman–Crippen LogP) is 2.09. The molecule has 0 aliphatic rings. The number of rotatable bonds is 6. The van der Waals surface area contributed by atoms with E-state index in [2.05, 4.69) is 10.4 Å². The molecule has 2 rings (SSSR count). The average molecular weight is 259 g/mol. The van der Waals surface area contributed by atoms with E-state index in [0.29, 0.717) is 19.0 Å². The van der Waals surface area contributed by atoms with Gasteiger partial charge in [-0.2, -0.15) is 0 Å². The Labute approximate surface area is 112 Å². The third kappa shape index (κ3) is 3.94. The molecule has 0 radical (unpaired) electrons. The van der Waals surface area contributed by atoms with Crippen LogP contribution in [0.1, 0.15) is 11.1 Å². The van der Waals surface area contributed by atoms with Crippen molar-refractivity contribution in [3.05, 3.63) is 53.7 Å². The number of hydrogen-bond acceptors (Lipinski definition) is 5. The Bertz CT molecular complexity index is 514. The van der Waals surface area contributed by atoms with E-state index in [-0.39, 0.29) is 0 Å². The molecule has 5 nitrogen and oxygen atoms in total. The highest BCUT2D eigenvalue weighted by molar-refractivity contribution is 5.33. The number of aromatic nitrogens is 1. The molecular weight excluding hydrogens is 242 g/mol. The number of ether oxygens (including phenoxy) is 2. The standard InChI is InChI=1S/C14H17N3O2/c1-18-13-4-2-3-11(7-13)9-19-10-12-5-6-14(17-15)16-8-12/h2-8H,9-10,15H2,1H3,(H,16,17). The van der Waals surface area contributed by atoms with Gasteiger partial charge in [0.2, 0.25) is 0 Å². The quantitative estimate of drug-likeness (QED) is 0.614. The zero-order chi connectivity index (χ0) is 13.5. The summed E-state index contributed by atoms with van der Waals surface area (Å²) in [4.78, 5) is 4.11. The summed E-state index contributed by atoms with van der Waals surface area (Å²) in [6.45, 7) is 1.04. The molecule has 0 atom stereocenters. The molecule has 2 aromatic rings. The van der Waals surface area contributed by atoms with Crippen LogP contribution in [0.2, 0.25) is 0 Å². The number of anilines is 1. The fourth-order valence-electron chi connectivity index (χ4n) is 1.64. The van der Waals surface area contributed by atoms with Gasteiger partial charge in [0.1, 0.15) is 11.6 Å². The summed E-state index contributed by atoms with van der Waals surface area (Å²) in [6, 6.07) is 11.5. The highest BCUT2D eigenvalue weighted by Crippen LogP contribution is 2.14.